The zero-order chi connectivity index (χ0) is 16.5. The summed E-state index contributed by atoms with van der Waals surface area (Å²) in [4.78, 5) is 0. The topological polar surface area (TPSA) is 36.4 Å². The molecule has 0 saturated heterocycles. The van der Waals surface area contributed by atoms with Crippen LogP contribution >= 0.6 is 23.8 Å². The van der Waals surface area contributed by atoms with Gasteiger partial charge < -0.3 is 5.32 Å². The normalized spacial score (nSPS) is 16.2. The van der Waals surface area contributed by atoms with E-state index in [1.165, 1.54) is 31.4 Å². The third-order valence-electron chi connectivity index (χ3n) is 3.96. The van der Waals surface area contributed by atoms with E-state index >= 15 is 0 Å². The lowest BCUT2D eigenvalue weighted by Crippen LogP contribution is -2.41. The number of nitrogens with one attached hydrogen (secondary N) is 2. The maximum absolute atomic E-state index is 13.1. The van der Waals surface area contributed by atoms with Crippen molar-refractivity contribution in [3.63, 3.8) is 0 Å². The summed E-state index contributed by atoms with van der Waals surface area (Å²) in [6, 6.07) is 6.76. The minimum Gasteiger partial charge on any atom is -0.359 e. The largest absolute Gasteiger partial charge is 0.359 e. The first-order chi connectivity index (χ1) is 11.2. The molecule has 0 radical (unpaired) electrons. The Balaban J connectivity index is 1.95. The van der Waals surface area contributed by atoms with Crippen molar-refractivity contribution in [3.05, 3.63) is 35.6 Å². The zero-order valence-electron chi connectivity index (χ0n) is 13.2. The zero-order valence-corrected chi connectivity index (χ0v) is 14.7. The smallest absolute Gasteiger partial charge is 0.187 e. The minimum absolute atomic E-state index is 0.257. The molecule has 126 valence electrons. The molecule has 1 saturated carbocycles. The van der Waals surface area contributed by atoms with Crippen molar-refractivity contribution in [2.45, 2.75) is 51.0 Å². The number of thiocarbonyl (C=S) groups is 1. The number of alkyl halides is 1. The Bertz CT molecular complexity index is 527. The minimum atomic E-state index is -0.257. The first-order valence-electron chi connectivity index (χ1n) is 8.14. The summed E-state index contributed by atoms with van der Waals surface area (Å²) in [6.45, 7) is 0. The molecule has 2 N–H and O–H groups in total. The summed E-state index contributed by atoms with van der Waals surface area (Å²) < 4.78 is 13.1. The Kier molecular flexibility index (Phi) is 7.76. The van der Waals surface area contributed by atoms with Gasteiger partial charge in [0.15, 0.2) is 5.11 Å². The van der Waals surface area contributed by atoms with E-state index in [0.29, 0.717) is 23.5 Å². The van der Waals surface area contributed by atoms with E-state index in [1.807, 2.05) is 0 Å². The highest BCUT2D eigenvalue weighted by Crippen LogP contribution is 2.17. The number of hydrogen-bond acceptors (Lipinski definition) is 2. The van der Waals surface area contributed by atoms with Crippen LogP contribution in [0.2, 0.25) is 0 Å². The van der Waals surface area contributed by atoms with Gasteiger partial charge in [0.05, 0.1) is 5.71 Å². The second kappa shape index (κ2) is 9.83. The summed E-state index contributed by atoms with van der Waals surface area (Å²) in [5.74, 6) is 0.304. The standard InChI is InChI=1S/C17H23ClFN3S/c18-12-4-7-16(13-8-10-14(19)11-9-13)21-22-17(23)20-15-5-2-1-3-6-15/h8-11,15H,1-7,12H2,(H2,20,22,23). The highest BCUT2D eigenvalue weighted by molar-refractivity contribution is 7.80. The summed E-state index contributed by atoms with van der Waals surface area (Å²) in [7, 11) is 0. The van der Waals surface area contributed by atoms with Crippen molar-refractivity contribution in [2.75, 3.05) is 5.88 Å². The Morgan fingerprint density at radius 3 is 2.57 bits per heavy atom. The Hall–Kier alpha value is -1.20. The lowest BCUT2D eigenvalue weighted by molar-refractivity contribution is 0.412. The van der Waals surface area contributed by atoms with Crippen LogP contribution in [0.1, 0.15) is 50.5 Å². The quantitative estimate of drug-likeness (QED) is 0.345. The van der Waals surface area contributed by atoms with Crippen LogP contribution in [0, 0.1) is 5.82 Å². The Labute approximate surface area is 147 Å². The highest BCUT2D eigenvalue weighted by atomic mass is 35.5. The van der Waals surface area contributed by atoms with Crippen molar-refractivity contribution in [1.29, 1.82) is 0 Å². The van der Waals surface area contributed by atoms with Gasteiger partial charge in [0.25, 0.3) is 0 Å². The fraction of sp³-hybridized carbons (Fsp3) is 0.529. The third kappa shape index (κ3) is 6.43. The number of halogens is 2. The fourth-order valence-corrected chi connectivity index (χ4v) is 3.07. The van der Waals surface area contributed by atoms with E-state index in [1.54, 1.807) is 12.1 Å². The van der Waals surface area contributed by atoms with E-state index in [0.717, 1.165) is 30.5 Å². The second-order valence-electron chi connectivity index (χ2n) is 5.78. The van der Waals surface area contributed by atoms with Gasteiger partial charge in [-0.25, -0.2) is 4.39 Å². The van der Waals surface area contributed by atoms with Gasteiger partial charge in [-0.05, 0) is 55.6 Å². The van der Waals surface area contributed by atoms with Gasteiger partial charge in [0.1, 0.15) is 5.82 Å². The van der Waals surface area contributed by atoms with Crippen LogP contribution in [-0.4, -0.2) is 22.7 Å². The number of hydrazone groups is 1. The summed E-state index contributed by atoms with van der Waals surface area (Å²) in [5.41, 5.74) is 4.63. The van der Waals surface area contributed by atoms with E-state index in [2.05, 4.69) is 15.8 Å². The van der Waals surface area contributed by atoms with Gasteiger partial charge in [-0.1, -0.05) is 31.4 Å². The molecule has 1 aliphatic carbocycles. The van der Waals surface area contributed by atoms with Gasteiger partial charge >= 0.3 is 0 Å². The second-order valence-corrected chi connectivity index (χ2v) is 6.56. The molecule has 2 rings (SSSR count). The summed E-state index contributed by atoms with van der Waals surface area (Å²) in [6.07, 6.45) is 7.64. The third-order valence-corrected chi connectivity index (χ3v) is 4.43. The molecule has 0 bridgehead atoms. The molecule has 1 aromatic rings. The van der Waals surface area contributed by atoms with Crippen LogP contribution in [0.3, 0.4) is 0 Å². The Morgan fingerprint density at radius 1 is 1.22 bits per heavy atom. The molecule has 0 amide bonds. The van der Waals surface area contributed by atoms with Crippen LogP contribution in [0.15, 0.2) is 29.4 Å². The summed E-state index contributed by atoms with van der Waals surface area (Å²) >= 11 is 11.1. The first kappa shape index (κ1) is 18.1. The molecule has 3 nitrogen and oxygen atoms in total. The van der Waals surface area contributed by atoms with Crippen LogP contribution in [0.4, 0.5) is 4.39 Å². The van der Waals surface area contributed by atoms with Crippen molar-refractivity contribution in [2.24, 2.45) is 5.10 Å². The lowest BCUT2D eigenvalue weighted by Gasteiger charge is -2.23. The molecule has 0 aromatic heterocycles. The average Bonchev–Trinajstić information content (AvgIpc) is 2.57. The number of rotatable bonds is 6. The highest BCUT2D eigenvalue weighted by Gasteiger charge is 2.13. The molecular weight excluding hydrogens is 333 g/mol. The molecule has 0 unspecified atom stereocenters. The van der Waals surface area contributed by atoms with E-state index in [9.17, 15) is 4.39 Å². The molecule has 1 fully saturated rings. The maximum Gasteiger partial charge on any atom is 0.187 e. The molecule has 23 heavy (non-hydrogen) atoms. The molecule has 1 aliphatic rings. The Morgan fingerprint density at radius 2 is 1.91 bits per heavy atom. The first-order valence-corrected chi connectivity index (χ1v) is 9.08. The van der Waals surface area contributed by atoms with Crippen molar-refractivity contribution in [3.8, 4) is 0 Å². The van der Waals surface area contributed by atoms with Crippen molar-refractivity contribution < 1.29 is 4.39 Å². The fourth-order valence-electron chi connectivity index (χ4n) is 2.72. The van der Waals surface area contributed by atoms with E-state index in [4.69, 9.17) is 23.8 Å². The molecule has 0 heterocycles. The number of hydrogen-bond donors (Lipinski definition) is 2. The van der Waals surface area contributed by atoms with Gasteiger partial charge in [-0.2, -0.15) is 5.10 Å². The predicted molar refractivity (Wildman–Crippen MR) is 98.6 cm³/mol. The van der Waals surface area contributed by atoms with Gasteiger partial charge in [-0.15, -0.1) is 11.6 Å². The van der Waals surface area contributed by atoms with E-state index < -0.39 is 0 Å². The maximum atomic E-state index is 13.1. The van der Waals surface area contributed by atoms with Crippen LogP contribution in [0.5, 0.6) is 0 Å². The van der Waals surface area contributed by atoms with Gasteiger partial charge in [0, 0.05) is 11.9 Å². The molecule has 1 aromatic carbocycles. The molecule has 0 atom stereocenters. The van der Waals surface area contributed by atoms with Crippen LogP contribution < -0.4 is 10.7 Å². The van der Waals surface area contributed by atoms with Gasteiger partial charge in [0.2, 0.25) is 0 Å². The van der Waals surface area contributed by atoms with Crippen molar-refractivity contribution in [1.82, 2.24) is 10.7 Å². The number of nitrogens with zero attached hydrogens (tertiary/aromatic N) is 1. The number of benzene rings is 1. The monoisotopic (exact) mass is 355 g/mol. The van der Waals surface area contributed by atoms with Crippen LogP contribution in [0.25, 0.3) is 0 Å². The van der Waals surface area contributed by atoms with Crippen molar-refractivity contribution >= 4 is 34.6 Å². The lowest BCUT2D eigenvalue weighted by atomic mass is 9.96. The average molecular weight is 356 g/mol. The predicted octanol–water partition coefficient (Wildman–Crippen LogP) is 4.35. The SMILES string of the molecule is Fc1ccc(C(CCCCl)=NNC(=S)NC2CCCCC2)cc1. The van der Waals surface area contributed by atoms with Crippen LogP contribution in [-0.2, 0) is 0 Å². The summed E-state index contributed by atoms with van der Waals surface area (Å²) in [5, 5.41) is 8.27. The molecule has 0 spiro atoms. The van der Waals surface area contributed by atoms with E-state index in [-0.39, 0.29) is 5.82 Å². The molecular formula is C17H23ClFN3S. The van der Waals surface area contributed by atoms with Gasteiger partial charge in [-0.3, -0.25) is 5.43 Å². The molecule has 6 heteroatoms. The molecule has 0 aliphatic heterocycles.